The van der Waals surface area contributed by atoms with E-state index in [0.29, 0.717) is 5.92 Å². The number of likely N-dealkylation sites (tertiary alicyclic amines) is 2. The standard InChI is InChI=1S/C20H35N5O/c1-16(2)5-4-10-24-11-6-17(7-12-24)20-22-21-19(23(20)3)15-25-13-8-18(26)9-14-25/h5,17-18,26H,4,6-15H2,1-3H3. The number of hydrogen-bond donors (Lipinski definition) is 1. The number of allylic oxidation sites excluding steroid dienone is 1. The highest BCUT2D eigenvalue weighted by atomic mass is 16.3. The molecule has 6 nitrogen and oxygen atoms in total. The maximum Gasteiger partial charge on any atom is 0.146 e. The normalized spacial score (nSPS) is 21.2. The van der Waals surface area contributed by atoms with Gasteiger partial charge in [-0.15, -0.1) is 10.2 Å². The van der Waals surface area contributed by atoms with Crippen molar-refractivity contribution in [3.63, 3.8) is 0 Å². The number of rotatable bonds is 6. The summed E-state index contributed by atoms with van der Waals surface area (Å²) in [6.07, 6.45) is 7.47. The van der Waals surface area contributed by atoms with Crippen LogP contribution < -0.4 is 0 Å². The zero-order valence-corrected chi connectivity index (χ0v) is 16.7. The smallest absolute Gasteiger partial charge is 0.146 e. The lowest BCUT2D eigenvalue weighted by Gasteiger charge is -2.31. The molecule has 26 heavy (non-hydrogen) atoms. The molecule has 1 aromatic rings. The summed E-state index contributed by atoms with van der Waals surface area (Å²) in [6.45, 7) is 10.6. The van der Waals surface area contributed by atoms with Gasteiger partial charge in [0.25, 0.3) is 0 Å². The second-order valence-electron chi connectivity index (χ2n) is 8.23. The van der Waals surface area contributed by atoms with E-state index >= 15 is 0 Å². The third kappa shape index (κ3) is 5.15. The molecule has 2 aliphatic rings. The van der Waals surface area contributed by atoms with Crippen LogP contribution in [0.1, 0.15) is 63.5 Å². The van der Waals surface area contributed by atoms with Gasteiger partial charge in [-0.25, -0.2) is 0 Å². The molecule has 3 rings (SSSR count). The molecule has 0 bridgehead atoms. The lowest BCUT2D eigenvalue weighted by molar-refractivity contribution is 0.0775. The van der Waals surface area contributed by atoms with E-state index in [1.807, 2.05) is 0 Å². The van der Waals surface area contributed by atoms with Crippen LogP contribution in [0.3, 0.4) is 0 Å². The molecule has 146 valence electrons. The van der Waals surface area contributed by atoms with Gasteiger partial charge in [0, 0.05) is 32.6 Å². The van der Waals surface area contributed by atoms with E-state index < -0.39 is 0 Å². The summed E-state index contributed by atoms with van der Waals surface area (Å²) >= 11 is 0. The number of aliphatic hydroxyl groups is 1. The van der Waals surface area contributed by atoms with Gasteiger partial charge in [-0.05, 0) is 59.0 Å². The molecule has 1 aromatic heterocycles. The van der Waals surface area contributed by atoms with E-state index in [9.17, 15) is 5.11 Å². The first-order valence-electron chi connectivity index (χ1n) is 10.2. The Bertz CT molecular complexity index is 591. The van der Waals surface area contributed by atoms with E-state index in [4.69, 9.17) is 0 Å². The highest BCUT2D eigenvalue weighted by molar-refractivity contribution is 5.04. The molecule has 2 fully saturated rings. The molecule has 1 N–H and O–H groups in total. The molecule has 2 saturated heterocycles. The largest absolute Gasteiger partial charge is 0.393 e. The highest BCUT2D eigenvalue weighted by Gasteiger charge is 2.26. The zero-order valence-electron chi connectivity index (χ0n) is 16.7. The average molecular weight is 362 g/mol. The molecule has 0 radical (unpaired) electrons. The van der Waals surface area contributed by atoms with E-state index in [1.165, 1.54) is 25.0 Å². The second-order valence-corrected chi connectivity index (χ2v) is 8.23. The van der Waals surface area contributed by atoms with Crippen molar-refractivity contribution < 1.29 is 5.11 Å². The molecule has 2 aliphatic heterocycles. The van der Waals surface area contributed by atoms with Crippen molar-refractivity contribution in [3.8, 4) is 0 Å². The van der Waals surface area contributed by atoms with Gasteiger partial charge in [-0.2, -0.15) is 0 Å². The Morgan fingerprint density at radius 2 is 1.69 bits per heavy atom. The SMILES string of the molecule is CC(C)=CCCN1CCC(c2nnc(CN3CCC(O)CC3)n2C)CC1. The van der Waals surface area contributed by atoms with Gasteiger partial charge in [-0.3, -0.25) is 4.90 Å². The molecule has 0 spiro atoms. The fourth-order valence-corrected chi connectivity index (χ4v) is 4.10. The predicted octanol–water partition coefficient (Wildman–Crippen LogP) is 2.31. The monoisotopic (exact) mass is 361 g/mol. The quantitative estimate of drug-likeness (QED) is 0.788. The Labute approximate surface area is 157 Å². The minimum Gasteiger partial charge on any atom is -0.393 e. The van der Waals surface area contributed by atoms with Gasteiger partial charge in [0.1, 0.15) is 11.6 Å². The average Bonchev–Trinajstić information content (AvgIpc) is 2.98. The van der Waals surface area contributed by atoms with Crippen LogP contribution in [0.15, 0.2) is 11.6 Å². The van der Waals surface area contributed by atoms with Crippen LogP contribution in [-0.4, -0.2) is 68.5 Å². The Hall–Kier alpha value is -1.24. The fourth-order valence-electron chi connectivity index (χ4n) is 4.10. The Kier molecular flexibility index (Phi) is 6.84. The van der Waals surface area contributed by atoms with Crippen LogP contribution in [0.2, 0.25) is 0 Å². The van der Waals surface area contributed by atoms with E-state index in [2.05, 4.69) is 51.5 Å². The number of hydrogen-bond acceptors (Lipinski definition) is 5. The third-order valence-corrected chi connectivity index (χ3v) is 5.87. The second kappa shape index (κ2) is 9.11. The molecule has 3 heterocycles. The Morgan fingerprint density at radius 1 is 1.04 bits per heavy atom. The third-order valence-electron chi connectivity index (χ3n) is 5.87. The van der Waals surface area contributed by atoms with Crippen molar-refractivity contribution in [3.05, 3.63) is 23.3 Å². The van der Waals surface area contributed by atoms with Crippen LogP contribution in [-0.2, 0) is 13.6 Å². The predicted molar refractivity (Wildman–Crippen MR) is 104 cm³/mol. The van der Waals surface area contributed by atoms with Crippen molar-refractivity contribution in [2.24, 2.45) is 7.05 Å². The molecule has 0 atom stereocenters. The first-order chi connectivity index (χ1) is 12.5. The first kappa shape index (κ1) is 19.5. The summed E-state index contributed by atoms with van der Waals surface area (Å²) in [7, 11) is 2.12. The molecule has 0 aromatic carbocycles. The van der Waals surface area contributed by atoms with Crippen LogP contribution in [0, 0.1) is 0 Å². The summed E-state index contributed by atoms with van der Waals surface area (Å²) in [5.41, 5.74) is 1.41. The summed E-state index contributed by atoms with van der Waals surface area (Å²) in [6, 6.07) is 0. The van der Waals surface area contributed by atoms with Crippen molar-refractivity contribution in [1.29, 1.82) is 0 Å². The van der Waals surface area contributed by atoms with Crippen molar-refractivity contribution >= 4 is 0 Å². The van der Waals surface area contributed by atoms with Gasteiger partial charge in [0.15, 0.2) is 0 Å². The molecule has 0 saturated carbocycles. The minimum absolute atomic E-state index is 0.122. The van der Waals surface area contributed by atoms with Gasteiger partial charge < -0.3 is 14.6 Å². The van der Waals surface area contributed by atoms with Crippen LogP contribution in [0.4, 0.5) is 0 Å². The Morgan fingerprint density at radius 3 is 2.35 bits per heavy atom. The molecule has 0 aliphatic carbocycles. The van der Waals surface area contributed by atoms with Crippen molar-refractivity contribution in [2.45, 2.75) is 64.5 Å². The maximum absolute atomic E-state index is 9.66. The number of aromatic nitrogens is 3. The zero-order chi connectivity index (χ0) is 18.5. The van der Waals surface area contributed by atoms with E-state index in [0.717, 1.165) is 63.6 Å². The minimum atomic E-state index is -0.122. The van der Waals surface area contributed by atoms with E-state index in [-0.39, 0.29) is 6.10 Å². The molecular formula is C20H35N5O. The van der Waals surface area contributed by atoms with Gasteiger partial charge in [-0.1, -0.05) is 11.6 Å². The van der Waals surface area contributed by atoms with Crippen molar-refractivity contribution in [2.75, 3.05) is 32.7 Å². The summed E-state index contributed by atoms with van der Waals surface area (Å²) in [5, 5.41) is 18.7. The molecular weight excluding hydrogens is 326 g/mol. The van der Waals surface area contributed by atoms with Crippen LogP contribution in [0.5, 0.6) is 0 Å². The van der Waals surface area contributed by atoms with E-state index in [1.54, 1.807) is 0 Å². The number of nitrogens with zero attached hydrogens (tertiary/aromatic N) is 5. The first-order valence-corrected chi connectivity index (χ1v) is 10.2. The highest BCUT2D eigenvalue weighted by Crippen LogP contribution is 2.27. The van der Waals surface area contributed by atoms with Crippen molar-refractivity contribution in [1.82, 2.24) is 24.6 Å². The topological polar surface area (TPSA) is 57.4 Å². The van der Waals surface area contributed by atoms with Gasteiger partial charge >= 0.3 is 0 Å². The van der Waals surface area contributed by atoms with Crippen LogP contribution in [0.25, 0.3) is 0 Å². The summed E-state index contributed by atoms with van der Waals surface area (Å²) < 4.78 is 2.22. The van der Waals surface area contributed by atoms with Gasteiger partial charge in [0.2, 0.25) is 0 Å². The van der Waals surface area contributed by atoms with Crippen LogP contribution >= 0.6 is 0 Å². The Balaban J connectivity index is 1.50. The summed E-state index contributed by atoms with van der Waals surface area (Å²) in [4.78, 5) is 4.96. The lowest BCUT2D eigenvalue weighted by atomic mass is 9.96. The number of piperidine rings is 2. The molecule has 6 heteroatoms. The molecule has 0 unspecified atom stereocenters. The number of aliphatic hydroxyl groups excluding tert-OH is 1. The lowest BCUT2D eigenvalue weighted by Crippen LogP contribution is -2.36. The molecule has 0 amide bonds. The van der Waals surface area contributed by atoms with Gasteiger partial charge in [0.05, 0.1) is 12.6 Å². The summed E-state index contributed by atoms with van der Waals surface area (Å²) in [5.74, 6) is 2.74. The fraction of sp³-hybridized carbons (Fsp3) is 0.800. The maximum atomic E-state index is 9.66.